The Labute approximate surface area is 111 Å². The minimum Gasteiger partial charge on any atom is -0.321 e. The van der Waals surface area contributed by atoms with Crippen LogP contribution in [-0.2, 0) is 15.8 Å². The Morgan fingerprint density at radius 1 is 1.20 bits per heavy atom. The molecule has 0 radical (unpaired) electrons. The molecule has 2 rings (SSSR count). The normalized spacial score (nSPS) is 15.3. The quantitative estimate of drug-likeness (QED) is 0.871. The van der Waals surface area contributed by atoms with Crippen LogP contribution < -0.4 is 10.7 Å². The first kappa shape index (κ1) is 14.0. The molecule has 0 atom stereocenters. The number of hydrogen-bond donors (Lipinski definition) is 2. The minimum atomic E-state index is -4.42. The van der Waals surface area contributed by atoms with Crippen molar-refractivity contribution in [1.82, 2.24) is 5.43 Å². The van der Waals surface area contributed by atoms with Crippen molar-refractivity contribution in [3.05, 3.63) is 29.8 Å². The lowest BCUT2D eigenvalue weighted by Gasteiger charge is -2.12. The fourth-order valence-electron chi connectivity index (χ4n) is 1.58. The van der Waals surface area contributed by atoms with E-state index in [9.17, 15) is 22.8 Å². The van der Waals surface area contributed by atoms with Crippen molar-refractivity contribution in [3.63, 3.8) is 0 Å². The number of carbonyl (C=O) groups is 2. The Balaban J connectivity index is 2.03. The Morgan fingerprint density at radius 2 is 1.85 bits per heavy atom. The van der Waals surface area contributed by atoms with Crippen molar-refractivity contribution in [2.45, 2.75) is 19.0 Å². The molecular weight excluding hydrogens is 275 g/mol. The zero-order valence-corrected chi connectivity index (χ0v) is 10.1. The molecule has 0 spiro atoms. The molecule has 20 heavy (non-hydrogen) atoms. The minimum absolute atomic E-state index is 0.129. The number of amides is 2. The van der Waals surface area contributed by atoms with E-state index in [1.165, 1.54) is 0 Å². The third kappa shape index (κ3) is 3.34. The molecule has 1 heterocycles. The maximum atomic E-state index is 12.4. The molecular formula is C12H10F3N3O2. The lowest BCUT2D eigenvalue weighted by Crippen LogP contribution is -2.32. The van der Waals surface area contributed by atoms with Crippen LogP contribution in [0.15, 0.2) is 29.4 Å². The van der Waals surface area contributed by atoms with Crippen LogP contribution in [0.1, 0.15) is 18.4 Å². The van der Waals surface area contributed by atoms with Crippen LogP contribution in [0.2, 0.25) is 0 Å². The van der Waals surface area contributed by atoms with E-state index in [-0.39, 0.29) is 30.1 Å². The van der Waals surface area contributed by atoms with Crippen LogP contribution in [-0.4, -0.2) is 17.5 Å². The van der Waals surface area contributed by atoms with Gasteiger partial charge in [0.25, 0.3) is 5.91 Å². The number of nitrogens with one attached hydrogen (secondary N) is 2. The van der Waals surface area contributed by atoms with Gasteiger partial charge in [0.15, 0.2) is 0 Å². The fourth-order valence-corrected chi connectivity index (χ4v) is 1.58. The molecule has 0 fully saturated rings. The molecule has 1 aliphatic heterocycles. The summed E-state index contributed by atoms with van der Waals surface area (Å²) in [6.07, 6.45) is -4.07. The summed E-state index contributed by atoms with van der Waals surface area (Å²) in [5.74, 6) is -0.833. The standard InChI is InChI=1S/C12H10F3N3O2/c13-12(14,15)7-1-3-8(4-2-7)16-11(20)9-5-6-10(19)18-17-9/h1-4H,5-6H2,(H,16,20)(H,18,19). The summed E-state index contributed by atoms with van der Waals surface area (Å²) < 4.78 is 37.1. The van der Waals surface area contributed by atoms with Crippen molar-refractivity contribution in [1.29, 1.82) is 0 Å². The zero-order chi connectivity index (χ0) is 14.8. The molecule has 5 nitrogen and oxygen atoms in total. The van der Waals surface area contributed by atoms with E-state index in [1.54, 1.807) is 0 Å². The SMILES string of the molecule is O=C1CCC(C(=O)Nc2ccc(C(F)(F)F)cc2)=NN1. The van der Waals surface area contributed by atoms with Gasteiger partial charge >= 0.3 is 6.18 Å². The molecule has 1 aromatic rings. The molecule has 0 unspecified atom stereocenters. The Hall–Kier alpha value is -2.38. The molecule has 0 saturated heterocycles. The van der Waals surface area contributed by atoms with E-state index in [2.05, 4.69) is 15.8 Å². The Kier molecular flexibility index (Phi) is 3.73. The van der Waals surface area contributed by atoms with Crippen LogP contribution >= 0.6 is 0 Å². The van der Waals surface area contributed by atoms with E-state index in [0.717, 1.165) is 24.3 Å². The van der Waals surface area contributed by atoms with Gasteiger partial charge in [-0.2, -0.15) is 18.3 Å². The van der Waals surface area contributed by atoms with E-state index in [4.69, 9.17) is 0 Å². The molecule has 0 saturated carbocycles. The van der Waals surface area contributed by atoms with Crippen molar-refractivity contribution in [2.75, 3.05) is 5.32 Å². The van der Waals surface area contributed by atoms with Gasteiger partial charge in [-0.1, -0.05) is 0 Å². The van der Waals surface area contributed by atoms with E-state index in [1.807, 2.05) is 0 Å². The molecule has 8 heteroatoms. The van der Waals surface area contributed by atoms with Gasteiger partial charge in [-0.15, -0.1) is 0 Å². The van der Waals surface area contributed by atoms with Gasteiger partial charge in [0.1, 0.15) is 5.71 Å². The van der Waals surface area contributed by atoms with Crippen LogP contribution in [0.25, 0.3) is 0 Å². The van der Waals surface area contributed by atoms with Crippen molar-refractivity contribution < 1.29 is 22.8 Å². The summed E-state index contributed by atoms with van der Waals surface area (Å²) in [4.78, 5) is 22.6. The van der Waals surface area contributed by atoms with Crippen LogP contribution in [0.4, 0.5) is 18.9 Å². The first-order valence-corrected chi connectivity index (χ1v) is 5.70. The van der Waals surface area contributed by atoms with Gasteiger partial charge < -0.3 is 5.32 Å². The van der Waals surface area contributed by atoms with Gasteiger partial charge in [-0.05, 0) is 24.3 Å². The smallest absolute Gasteiger partial charge is 0.321 e. The van der Waals surface area contributed by atoms with Gasteiger partial charge in [0.2, 0.25) is 5.91 Å². The average molecular weight is 285 g/mol. The molecule has 1 aliphatic rings. The number of benzene rings is 1. The number of anilines is 1. The highest BCUT2D eigenvalue weighted by Gasteiger charge is 2.30. The van der Waals surface area contributed by atoms with Gasteiger partial charge in [-0.25, -0.2) is 5.43 Å². The molecule has 0 bridgehead atoms. The Bertz CT molecular complexity index is 564. The molecule has 0 aliphatic carbocycles. The predicted octanol–water partition coefficient (Wildman–Crippen LogP) is 1.91. The third-order valence-corrected chi connectivity index (χ3v) is 2.64. The largest absolute Gasteiger partial charge is 0.416 e. The van der Waals surface area contributed by atoms with E-state index < -0.39 is 17.6 Å². The molecule has 2 amide bonds. The van der Waals surface area contributed by atoms with E-state index >= 15 is 0 Å². The van der Waals surface area contributed by atoms with Crippen molar-refractivity contribution in [2.24, 2.45) is 5.10 Å². The summed E-state index contributed by atoms with van der Waals surface area (Å²) in [6.45, 7) is 0. The number of hydrogen-bond acceptors (Lipinski definition) is 3. The second kappa shape index (κ2) is 5.32. The number of hydrazone groups is 1. The zero-order valence-electron chi connectivity index (χ0n) is 10.1. The third-order valence-electron chi connectivity index (χ3n) is 2.64. The first-order chi connectivity index (χ1) is 9.36. The molecule has 106 valence electrons. The summed E-state index contributed by atoms with van der Waals surface area (Å²) in [6, 6.07) is 4.06. The molecule has 2 N–H and O–H groups in total. The lowest BCUT2D eigenvalue weighted by atomic mass is 10.1. The highest BCUT2D eigenvalue weighted by molar-refractivity contribution is 6.43. The highest BCUT2D eigenvalue weighted by atomic mass is 19.4. The van der Waals surface area contributed by atoms with E-state index in [0.29, 0.717) is 0 Å². The second-order valence-electron chi connectivity index (χ2n) is 4.12. The fraction of sp³-hybridized carbons (Fsp3) is 0.250. The Morgan fingerprint density at radius 3 is 2.35 bits per heavy atom. The van der Waals surface area contributed by atoms with Crippen LogP contribution in [0.5, 0.6) is 0 Å². The van der Waals surface area contributed by atoms with Crippen LogP contribution in [0, 0.1) is 0 Å². The predicted molar refractivity (Wildman–Crippen MR) is 64.9 cm³/mol. The van der Waals surface area contributed by atoms with Crippen molar-refractivity contribution in [3.8, 4) is 0 Å². The number of rotatable bonds is 2. The maximum absolute atomic E-state index is 12.4. The maximum Gasteiger partial charge on any atom is 0.416 e. The number of halogens is 3. The van der Waals surface area contributed by atoms with Gasteiger partial charge in [0.05, 0.1) is 5.56 Å². The first-order valence-electron chi connectivity index (χ1n) is 5.70. The summed E-state index contributed by atoms with van der Waals surface area (Å²) in [5, 5.41) is 6.01. The lowest BCUT2D eigenvalue weighted by molar-refractivity contribution is -0.137. The average Bonchev–Trinajstić information content (AvgIpc) is 2.39. The molecule has 0 aromatic heterocycles. The number of carbonyl (C=O) groups excluding carboxylic acids is 2. The summed E-state index contributed by atoms with van der Waals surface area (Å²) in [5.41, 5.74) is 1.73. The number of alkyl halides is 3. The number of nitrogens with zero attached hydrogens (tertiary/aromatic N) is 1. The summed E-state index contributed by atoms with van der Waals surface area (Å²) >= 11 is 0. The van der Waals surface area contributed by atoms with Gasteiger partial charge in [0, 0.05) is 18.5 Å². The van der Waals surface area contributed by atoms with Gasteiger partial charge in [-0.3, -0.25) is 9.59 Å². The van der Waals surface area contributed by atoms with Crippen LogP contribution in [0.3, 0.4) is 0 Å². The summed E-state index contributed by atoms with van der Waals surface area (Å²) in [7, 11) is 0. The second-order valence-corrected chi connectivity index (χ2v) is 4.12. The molecule has 1 aromatic carbocycles. The topological polar surface area (TPSA) is 70.6 Å². The monoisotopic (exact) mass is 285 g/mol. The van der Waals surface area contributed by atoms with Crippen molar-refractivity contribution >= 4 is 23.2 Å². The highest BCUT2D eigenvalue weighted by Crippen LogP contribution is 2.29.